The zero-order valence-corrected chi connectivity index (χ0v) is 11.2. The molecule has 5 nitrogen and oxygen atoms in total. The molecule has 0 bridgehead atoms. The van der Waals surface area contributed by atoms with Gasteiger partial charge in [0.1, 0.15) is 0 Å². The number of amides is 2. The smallest absolute Gasteiger partial charge is 0.309 e. The van der Waals surface area contributed by atoms with Crippen molar-refractivity contribution in [3.05, 3.63) is 35.9 Å². The molecule has 0 fully saturated rings. The molecular weight excluding hydrogens is 244 g/mol. The van der Waals surface area contributed by atoms with Crippen LogP contribution in [0.1, 0.15) is 19.4 Å². The molecule has 5 heteroatoms. The van der Waals surface area contributed by atoms with Crippen LogP contribution < -0.4 is 10.6 Å². The van der Waals surface area contributed by atoms with Crippen LogP contribution in [0.3, 0.4) is 0 Å². The van der Waals surface area contributed by atoms with E-state index in [1.165, 1.54) is 0 Å². The quantitative estimate of drug-likeness (QED) is 0.666. The van der Waals surface area contributed by atoms with Crippen LogP contribution in [0, 0.1) is 0 Å². The zero-order valence-electron chi connectivity index (χ0n) is 11.2. The van der Waals surface area contributed by atoms with Gasteiger partial charge in [-0.2, -0.15) is 0 Å². The van der Waals surface area contributed by atoms with Crippen LogP contribution in [0.15, 0.2) is 30.3 Å². The number of nitrogens with one attached hydrogen (secondary N) is 2. The van der Waals surface area contributed by atoms with Crippen LogP contribution in [0.2, 0.25) is 0 Å². The molecule has 0 aliphatic carbocycles. The Morgan fingerprint density at radius 2 is 1.79 bits per heavy atom. The normalized spacial score (nSPS) is 12.0. The number of hydrogen-bond acceptors (Lipinski definition) is 3. The molecule has 3 N–H and O–H groups in total. The van der Waals surface area contributed by atoms with E-state index in [9.17, 15) is 14.7 Å². The first-order valence-electron chi connectivity index (χ1n) is 6.29. The largest absolute Gasteiger partial charge is 0.391 e. The lowest BCUT2D eigenvalue weighted by atomic mass is 10.1. The van der Waals surface area contributed by atoms with Crippen molar-refractivity contribution in [1.82, 2.24) is 10.6 Å². The lowest BCUT2D eigenvalue weighted by Crippen LogP contribution is -2.45. The molecule has 1 rings (SSSR count). The van der Waals surface area contributed by atoms with Crippen LogP contribution >= 0.6 is 0 Å². The van der Waals surface area contributed by atoms with Gasteiger partial charge < -0.3 is 15.7 Å². The van der Waals surface area contributed by atoms with Crippen molar-refractivity contribution in [1.29, 1.82) is 0 Å². The van der Waals surface area contributed by atoms with Gasteiger partial charge in [-0.25, -0.2) is 0 Å². The Kier molecular flexibility index (Phi) is 6.02. The topological polar surface area (TPSA) is 78.4 Å². The summed E-state index contributed by atoms with van der Waals surface area (Å²) in [5.74, 6) is -1.40. The summed E-state index contributed by atoms with van der Waals surface area (Å²) in [5, 5.41) is 14.7. The van der Waals surface area contributed by atoms with E-state index in [1.807, 2.05) is 30.3 Å². The Balaban J connectivity index is 2.32. The van der Waals surface area contributed by atoms with E-state index >= 15 is 0 Å². The van der Waals surface area contributed by atoms with Gasteiger partial charge in [-0.05, 0) is 19.4 Å². The minimum absolute atomic E-state index is 0.0548. The molecule has 19 heavy (non-hydrogen) atoms. The zero-order chi connectivity index (χ0) is 14.3. The molecule has 0 aliphatic rings. The highest BCUT2D eigenvalue weighted by Crippen LogP contribution is 2.02. The third kappa shape index (κ3) is 6.01. The lowest BCUT2D eigenvalue weighted by molar-refractivity contribution is -0.139. The van der Waals surface area contributed by atoms with Crippen LogP contribution in [0.4, 0.5) is 0 Å². The summed E-state index contributed by atoms with van der Waals surface area (Å²) in [6, 6.07) is 9.38. The second kappa shape index (κ2) is 7.53. The van der Waals surface area contributed by atoms with Crippen LogP contribution in [0.5, 0.6) is 0 Å². The minimum Gasteiger partial charge on any atom is -0.391 e. The van der Waals surface area contributed by atoms with E-state index in [0.717, 1.165) is 5.56 Å². The lowest BCUT2D eigenvalue weighted by Gasteiger charge is -2.12. The molecule has 104 valence electrons. The van der Waals surface area contributed by atoms with E-state index in [0.29, 0.717) is 6.42 Å². The number of carbonyl (C=O) groups is 2. The predicted molar refractivity (Wildman–Crippen MR) is 72.4 cm³/mol. The highest BCUT2D eigenvalue weighted by molar-refractivity contribution is 6.35. The average Bonchev–Trinajstić information content (AvgIpc) is 2.36. The number of hydrogen-bond donors (Lipinski definition) is 3. The van der Waals surface area contributed by atoms with E-state index in [-0.39, 0.29) is 12.6 Å². The second-order valence-corrected chi connectivity index (χ2v) is 4.68. The Bertz CT molecular complexity index is 418. The van der Waals surface area contributed by atoms with Crippen molar-refractivity contribution in [3.8, 4) is 0 Å². The maximum absolute atomic E-state index is 11.4. The highest BCUT2D eigenvalue weighted by atomic mass is 16.3. The van der Waals surface area contributed by atoms with Crippen molar-refractivity contribution in [2.75, 3.05) is 6.54 Å². The SMILES string of the molecule is CC(C)NC(=O)C(=O)NCC(O)Cc1ccccc1. The summed E-state index contributed by atoms with van der Waals surface area (Å²) >= 11 is 0. The molecule has 0 aromatic heterocycles. The highest BCUT2D eigenvalue weighted by Gasteiger charge is 2.15. The van der Waals surface area contributed by atoms with Crippen molar-refractivity contribution in [3.63, 3.8) is 0 Å². The van der Waals surface area contributed by atoms with Crippen LogP contribution in [-0.2, 0) is 16.0 Å². The van der Waals surface area contributed by atoms with Gasteiger partial charge in [-0.15, -0.1) is 0 Å². The summed E-state index contributed by atoms with van der Waals surface area (Å²) in [4.78, 5) is 22.7. The first-order valence-corrected chi connectivity index (χ1v) is 6.29. The van der Waals surface area contributed by atoms with Gasteiger partial charge in [0.15, 0.2) is 0 Å². The predicted octanol–water partition coefficient (Wildman–Crippen LogP) is 0.231. The molecule has 0 heterocycles. The maximum Gasteiger partial charge on any atom is 0.309 e. The fraction of sp³-hybridized carbons (Fsp3) is 0.429. The Morgan fingerprint density at radius 1 is 1.16 bits per heavy atom. The summed E-state index contributed by atoms with van der Waals surface area (Å²) < 4.78 is 0. The van der Waals surface area contributed by atoms with Gasteiger partial charge in [0.2, 0.25) is 0 Å². The van der Waals surface area contributed by atoms with Crippen molar-refractivity contribution < 1.29 is 14.7 Å². The monoisotopic (exact) mass is 264 g/mol. The molecular formula is C14H20N2O3. The van der Waals surface area contributed by atoms with Gasteiger partial charge in [0.25, 0.3) is 0 Å². The molecule has 0 saturated heterocycles. The summed E-state index contributed by atoms with van der Waals surface area (Å²) in [6.07, 6.45) is -0.273. The van der Waals surface area contributed by atoms with Gasteiger partial charge in [0, 0.05) is 19.0 Å². The van der Waals surface area contributed by atoms with E-state index < -0.39 is 17.9 Å². The third-order valence-corrected chi connectivity index (χ3v) is 2.44. The minimum atomic E-state index is -0.721. The molecule has 0 aliphatic heterocycles. The number of benzene rings is 1. The fourth-order valence-corrected chi connectivity index (χ4v) is 1.58. The van der Waals surface area contributed by atoms with E-state index in [2.05, 4.69) is 10.6 Å². The Labute approximate surface area is 113 Å². The average molecular weight is 264 g/mol. The molecule has 1 aromatic carbocycles. The number of carbonyl (C=O) groups excluding carboxylic acids is 2. The van der Waals surface area contributed by atoms with Gasteiger partial charge in [-0.3, -0.25) is 9.59 Å². The Morgan fingerprint density at radius 3 is 2.37 bits per heavy atom. The fourth-order valence-electron chi connectivity index (χ4n) is 1.58. The molecule has 0 spiro atoms. The molecule has 0 saturated carbocycles. The number of rotatable bonds is 5. The van der Waals surface area contributed by atoms with Crippen molar-refractivity contribution >= 4 is 11.8 Å². The van der Waals surface area contributed by atoms with E-state index in [1.54, 1.807) is 13.8 Å². The van der Waals surface area contributed by atoms with Crippen LogP contribution in [0.25, 0.3) is 0 Å². The molecule has 1 atom stereocenters. The standard InChI is InChI=1S/C14H20N2O3/c1-10(2)16-14(19)13(18)15-9-12(17)8-11-6-4-3-5-7-11/h3-7,10,12,17H,8-9H2,1-2H3,(H,15,18)(H,16,19). The number of aliphatic hydroxyl groups is 1. The summed E-state index contributed by atoms with van der Waals surface area (Å²) in [5.41, 5.74) is 0.982. The summed E-state index contributed by atoms with van der Waals surface area (Å²) in [6.45, 7) is 3.60. The molecule has 1 aromatic rings. The first-order chi connectivity index (χ1) is 8.99. The first kappa shape index (κ1) is 15.2. The van der Waals surface area contributed by atoms with Crippen LogP contribution in [-0.4, -0.2) is 35.6 Å². The maximum atomic E-state index is 11.4. The summed E-state index contributed by atoms with van der Waals surface area (Å²) in [7, 11) is 0. The van der Waals surface area contributed by atoms with Crippen molar-refractivity contribution in [2.24, 2.45) is 0 Å². The van der Waals surface area contributed by atoms with Crippen molar-refractivity contribution in [2.45, 2.75) is 32.4 Å². The van der Waals surface area contributed by atoms with Gasteiger partial charge >= 0.3 is 11.8 Å². The van der Waals surface area contributed by atoms with Gasteiger partial charge in [-0.1, -0.05) is 30.3 Å². The Hall–Kier alpha value is -1.88. The van der Waals surface area contributed by atoms with Gasteiger partial charge in [0.05, 0.1) is 6.10 Å². The molecule has 1 unspecified atom stereocenters. The number of aliphatic hydroxyl groups excluding tert-OH is 1. The third-order valence-electron chi connectivity index (χ3n) is 2.44. The molecule has 2 amide bonds. The van der Waals surface area contributed by atoms with E-state index in [4.69, 9.17) is 0 Å². The second-order valence-electron chi connectivity index (χ2n) is 4.68. The molecule has 0 radical (unpaired) electrons.